The summed E-state index contributed by atoms with van der Waals surface area (Å²) in [6.45, 7) is 3.60. The Morgan fingerprint density at radius 3 is 2.77 bits per heavy atom. The molecule has 13 heavy (non-hydrogen) atoms. The lowest BCUT2D eigenvalue weighted by molar-refractivity contribution is 0.243. The Morgan fingerprint density at radius 2 is 2.15 bits per heavy atom. The summed E-state index contributed by atoms with van der Waals surface area (Å²) < 4.78 is 0. The van der Waals surface area contributed by atoms with Gasteiger partial charge in [-0.2, -0.15) is 23.5 Å². The predicted molar refractivity (Wildman–Crippen MR) is 63.8 cm³/mol. The average molecular weight is 217 g/mol. The number of nitrogens with one attached hydrogen (secondary N) is 1. The minimum absolute atomic E-state index is 0.850. The van der Waals surface area contributed by atoms with Crippen molar-refractivity contribution in [2.75, 3.05) is 23.8 Å². The summed E-state index contributed by atoms with van der Waals surface area (Å²) in [6, 6.07) is 0.850. The normalized spacial score (nSPS) is 39.9. The van der Waals surface area contributed by atoms with Crippen LogP contribution in [-0.4, -0.2) is 35.1 Å². The molecule has 2 fully saturated rings. The Labute approximate surface area is 89.8 Å². The third-order valence-corrected chi connectivity index (χ3v) is 5.74. The lowest BCUT2D eigenvalue weighted by Gasteiger charge is -2.35. The topological polar surface area (TPSA) is 12.0 Å². The first kappa shape index (κ1) is 10.2. The van der Waals surface area contributed by atoms with Crippen molar-refractivity contribution in [1.82, 2.24) is 5.32 Å². The Morgan fingerprint density at radius 1 is 1.31 bits per heavy atom. The van der Waals surface area contributed by atoms with Gasteiger partial charge in [0.1, 0.15) is 0 Å². The minimum atomic E-state index is 0.850. The average Bonchev–Trinajstić information content (AvgIpc) is 2.12. The van der Waals surface area contributed by atoms with Crippen LogP contribution in [0.1, 0.15) is 19.8 Å². The zero-order valence-corrected chi connectivity index (χ0v) is 9.92. The highest BCUT2D eigenvalue weighted by Gasteiger charge is 2.25. The SMILES string of the molecule is CC1CC(NCC2CSCCS2)C1. The van der Waals surface area contributed by atoms with Crippen LogP contribution < -0.4 is 5.32 Å². The van der Waals surface area contributed by atoms with Crippen molar-refractivity contribution in [2.24, 2.45) is 5.92 Å². The highest BCUT2D eigenvalue weighted by Crippen LogP contribution is 2.28. The monoisotopic (exact) mass is 217 g/mol. The van der Waals surface area contributed by atoms with Crippen LogP contribution in [0.2, 0.25) is 0 Å². The molecule has 1 aliphatic carbocycles. The second-order valence-corrected chi connectivity index (χ2v) is 6.81. The molecular weight excluding hydrogens is 198 g/mol. The quantitative estimate of drug-likeness (QED) is 0.778. The molecule has 1 N–H and O–H groups in total. The predicted octanol–water partition coefficient (Wildman–Crippen LogP) is 2.22. The van der Waals surface area contributed by atoms with E-state index in [0.29, 0.717) is 0 Å². The summed E-state index contributed by atoms with van der Waals surface area (Å²) in [7, 11) is 0. The van der Waals surface area contributed by atoms with Gasteiger partial charge >= 0.3 is 0 Å². The molecule has 1 nitrogen and oxygen atoms in total. The van der Waals surface area contributed by atoms with Crippen LogP contribution in [0.3, 0.4) is 0 Å². The van der Waals surface area contributed by atoms with E-state index < -0.39 is 0 Å². The summed E-state index contributed by atoms with van der Waals surface area (Å²) in [5.41, 5.74) is 0. The van der Waals surface area contributed by atoms with Crippen molar-refractivity contribution in [2.45, 2.75) is 31.1 Å². The fourth-order valence-corrected chi connectivity index (χ4v) is 4.65. The molecule has 76 valence electrons. The lowest BCUT2D eigenvalue weighted by atomic mass is 9.82. The van der Waals surface area contributed by atoms with Gasteiger partial charge in [0.25, 0.3) is 0 Å². The van der Waals surface area contributed by atoms with Crippen LogP contribution in [0, 0.1) is 5.92 Å². The molecule has 0 bridgehead atoms. The van der Waals surface area contributed by atoms with Crippen molar-refractivity contribution >= 4 is 23.5 Å². The third-order valence-electron chi connectivity index (χ3n) is 2.89. The molecule has 0 aromatic rings. The van der Waals surface area contributed by atoms with Gasteiger partial charge in [-0.05, 0) is 18.8 Å². The van der Waals surface area contributed by atoms with Gasteiger partial charge < -0.3 is 5.32 Å². The molecule has 2 rings (SSSR count). The van der Waals surface area contributed by atoms with Crippen molar-refractivity contribution in [3.8, 4) is 0 Å². The molecular formula is C10H19NS2. The van der Waals surface area contributed by atoms with Gasteiger partial charge in [0.15, 0.2) is 0 Å². The van der Waals surface area contributed by atoms with E-state index in [4.69, 9.17) is 0 Å². The summed E-state index contributed by atoms with van der Waals surface area (Å²) in [6.07, 6.45) is 2.81. The molecule has 1 unspecified atom stereocenters. The van der Waals surface area contributed by atoms with Gasteiger partial charge in [-0.15, -0.1) is 0 Å². The van der Waals surface area contributed by atoms with E-state index in [9.17, 15) is 0 Å². The molecule has 0 spiro atoms. The molecule has 0 aromatic carbocycles. The first-order chi connectivity index (χ1) is 6.34. The molecule has 3 heteroatoms. The van der Waals surface area contributed by atoms with Gasteiger partial charge in [0, 0.05) is 35.1 Å². The first-order valence-electron chi connectivity index (χ1n) is 5.27. The Hall–Kier alpha value is 0.660. The maximum Gasteiger partial charge on any atom is 0.0263 e. The van der Waals surface area contributed by atoms with Crippen molar-refractivity contribution in [3.05, 3.63) is 0 Å². The van der Waals surface area contributed by atoms with Crippen LogP contribution in [0.25, 0.3) is 0 Å². The Balaban J connectivity index is 1.56. The molecule has 1 aliphatic heterocycles. The summed E-state index contributed by atoms with van der Waals surface area (Å²) in [4.78, 5) is 0. The first-order valence-corrected chi connectivity index (χ1v) is 7.47. The van der Waals surface area contributed by atoms with E-state index in [2.05, 4.69) is 35.8 Å². The molecule has 1 saturated carbocycles. The second-order valence-electron chi connectivity index (χ2n) is 4.25. The highest BCUT2D eigenvalue weighted by molar-refractivity contribution is 8.06. The van der Waals surface area contributed by atoms with Gasteiger partial charge in [-0.1, -0.05) is 6.92 Å². The fraction of sp³-hybridized carbons (Fsp3) is 1.00. The lowest BCUT2D eigenvalue weighted by Crippen LogP contribution is -2.43. The van der Waals surface area contributed by atoms with Crippen LogP contribution in [0.5, 0.6) is 0 Å². The van der Waals surface area contributed by atoms with Crippen molar-refractivity contribution in [1.29, 1.82) is 0 Å². The standard InChI is InChI=1S/C10H19NS2/c1-8-4-9(5-8)11-6-10-7-12-2-3-13-10/h8-11H,2-7H2,1H3. The van der Waals surface area contributed by atoms with E-state index >= 15 is 0 Å². The smallest absolute Gasteiger partial charge is 0.0263 e. The number of thioether (sulfide) groups is 2. The maximum absolute atomic E-state index is 3.69. The van der Waals surface area contributed by atoms with Crippen LogP contribution in [-0.2, 0) is 0 Å². The van der Waals surface area contributed by atoms with E-state index in [1.807, 2.05) is 0 Å². The van der Waals surface area contributed by atoms with Crippen LogP contribution in [0.15, 0.2) is 0 Å². The largest absolute Gasteiger partial charge is 0.313 e. The van der Waals surface area contributed by atoms with E-state index in [1.165, 1.54) is 36.6 Å². The van der Waals surface area contributed by atoms with E-state index in [0.717, 1.165) is 17.2 Å². The number of rotatable bonds is 3. The molecule has 0 amide bonds. The summed E-state index contributed by atoms with van der Waals surface area (Å²) in [5, 5.41) is 4.57. The maximum atomic E-state index is 3.69. The molecule has 0 radical (unpaired) electrons. The van der Waals surface area contributed by atoms with Gasteiger partial charge in [-0.25, -0.2) is 0 Å². The van der Waals surface area contributed by atoms with Gasteiger partial charge in [-0.3, -0.25) is 0 Å². The van der Waals surface area contributed by atoms with Crippen LogP contribution >= 0.6 is 23.5 Å². The Kier molecular flexibility index (Phi) is 3.87. The molecule has 1 saturated heterocycles. The Bertz CT molecular complexity index is 151. The zero-order chi connectivity index (χ0) is 9.10. The third kappa shape index (κ3) is 3.07. The fourth-order valence-electron chi connectivity index (χ4n) is 2.02. The molecule has 2 aliphatic rings. The molecule has 1 heterocycles. The van der Waals surface area contributed by atoms with Crippen molar-refractivity contribution < 1.29 is 0 Å². The molecule has 1 atom stereocenters. The van der Waals surface area contributed by atoms with Crippen molar-refractivity contribution in [3.63, 3.8) is 0 Å². The highest BCUT2D eigenvalue weighted by atomic mass is 32.2. The minimum Gasteiger partial charge on any atom is -0.313 e. The number of hydrogen-bond donors (Lipinski definition) is 1. The van der Waals surface area contributed by atoms with E-state index in [-0.39, 0.29) is 0 Å². The number of hydrogen-bond acceptors (Lipinski definition) is 3. The summed E-state index contributed by atoms with van der Waals surface area (Å²) in [5.74, 6) is 5.06. The van der Waals surface area contributed by atoms with Crippen LogP contribution in [0.4, 0.5) is 0 Å². The van der Waals surface area contributed by atoms with Gasteiger partial charge in [0.05, 0.1) is 0 Å². The van der Waals surface area contributed by atoms with Gasteiger partial charge in [0.2, 0.25) is 0 Å². The van der Waals surface area contributed by atoms with E-state index in [1.54, 1.807) is 0 Å². The summed E-state index contributed by atoms with van der Waals surface area (Å²) >= 11 is 4.28. The zero-order valence-electron chi connectivity index (χ0n) is 8.29. The molecule has 0 aromatic heterocycles. The second kappa shape index (κ2) is 4.94.